The predicted molar refractivity (Wildman–Crippen MR) is 143 cm³/mol. The Bertz CT molecular complexity index is 1300. The van der Waals surface area contributed by atoms with Crippen molar-refractivity contribution in [3.05, 3.63) is 77.1 Å². The van der Waals surface area contributed by atoms with Crippen molar-refractivity contribution in [1.82, 2.24) is 25.3 Å². The normalized spacial score (nSPS) is 15.5. The summed E-state index contributed by atoms with van der Waals surface area (Å²) in [6.45, 7) is 7.93. The number of halogens is 1. The maximum atomic E-state index is 13.8. The summed E-state index contributed by atoms with van der Waals surface area (Å²) in [6.07, 6.45) is 3.47. The number of benzene rings is 2. The summed E-state index contributed by atoms with van der Waals surface area (Å²) in [4.78, 5) is 42.4. The van der Waals surface area contributed by atoms with E-state index in [9.17, 15) is 14.4 Å². The van der Waals surface area contributed by atoms with Crippen LogP contribution in [0.3, 0.4) is 0 Å². The molecule has 2 heterocycles. The summed E-state index contributed by atoms with van der Waals surface area (Å²) in [5.41, 5.74) is 2.24. The minimum atomic E-state index is -0.393. The third-order valence-corrected chi connectivity index (χ3v) is 6.29. The molecule has 0 spiro atoms. The highest BCUT2D eigenvalue weighted by molar-refractivity contribution is 6.34. The molecule has 4 rings (SSSR count). The lowest BCUT2D eigenvalue weighted by molar-refractivity contribution is -0.121. The van der Waals surface area contributed by atoms with Crippen LogP contribution in [0.5, 0.6) is 0 Å². The van der Waals surface area contributed by atoms with E-state index in [0.717, 1.165) is 11.3 Å². The first kappa shape index (κ1) is 26.2. The first-order valence-electron chi connectivity index (χ1n) is 12.1. The van der Waals surface area contributed by atoms with Gasteiger partial charge in [-0.2, -0.15) is 5.10 Å². The van der Waals surface area contributed by atoms with E-state index in [2.05, 4.69) is 15.7 Å². The van der Waals surface area contributed by atoms with Crippen LogP contribution in [0.1, 0.15) is 43.6 Å². The number of aromatic nitrogens is 2. The van der Waals surface area contributed by atoms with Crippen molar-refractivity contribution in [3.63, 3.8) is 0 Å². The fourth-order valence-corrected chi connectivity index (χ4v) is 4.54. The summed E-state index contributed by atoms with van der Waals surface area (Å²) < 4.78 is 1.67. The van der Waals surface area contributed by atoms with Crippen molar-refractivity contribution < 1.29 is 14.4 Å². The van der Waals surface area contributed by atoms with Crippen molar-refractivity contribution >= 4 is 35.1 Å². The number of nitrogens with one attached hydrogen (secondary N) is 2. The number of nitrogens with zero attached hydrogens (tertiary/aromatic N) is 4. The van der Waals surface area contributed by atoms with Crippen LogP contribution >= 0.6 is 11.6 Å². The number of urea groups is 1. The zero-order valence-corrected chi connectivity index (χ0v) is 22.1. The van der Waals surface area contributed by atoms with Gasteiger partial charge in [-0.15, -0.1) is 0 Å². The van der Waals surface area contributed by atoms with Gasteiger partial charge in [-0.3, -0.25) is 9.59 Å². The van der Waals surface area contributed by atoms with Gasteiger partial charge in [-0.25, -0.2) is 9.48 Å². The Morgan fingerprint density at radius 3 is 2.54 bits per heavy atom. The number of carbonyl (C=O) groups is 3. The highest BCUT2D eigenvalue weighted by Crippen LogP contribution is 2.30. The van der Waals surface area contributed by atoms with Gasteiger partial charge in [0.1, 0.15) is 0 Å². The maximum Gasteiger partial charge on any atom is 0.318 e. The van der Waals surface area contributed by atoms with Gasteiger partial charge in [0.05, 0.1) is 22.8 Å². The van der Waals surface area contributed by atoms with Crippen molar-refractivity contribution in [2.24, 2.45) is 0 Å². The minimum Gasteiger partial charge on any atom is -0.350 e. The van der Waals surface area contributed by atoms with Gasteiger partial charge in [-0.05, 0) is 63.6 Å². The summed E-state index contributed by atoms with van der Waals surface area (Å²) in [6, 6.07) is 13.8. The highest BCUT2D eigenvalue weighted by atomic mass is 35.5. The molecule has 3 aromatic rings. The van der Waals surface area contributed by atoms with Crippen LogP contribution in [-0.4, -0.2) is 57.2 Å². The molecule has 2 N–H and O–H groups in total. The lowest BCUT2D eigenvalue weighted by atomic mass is 10.1. The van der Waals surface area contributed by atoms with Crippen LogP contribution in [0.2, 0.25) is 5.02 Å². The molecule has 0 bridgehead atoms. The summed E-state index contributed by atoms with van der Waals surface area (Å²) in [5.74, 6) is -0.531. The van der Waals surface area contributed by atoms with E-state index < -0.39 is 5.54 Å². The molecule has 194 valence electrons. The van der Waals surface area contributed by atoms with Crippen molar-refractivity contribution in [3.8, 4) is 5.69 Å². The van der Waals surface area contributed by atoms with E-state index in [1.54, 1.807) is 51.1 Å². The number of hydrogen-bond donors (Lipinski definition) is 2. The average molecular weight is 523 g/mol. The van der Waals surface area contributed by atoms with Crippen LogP contribution < -0.4 is 15.5 Å². The first-order chi connectivity index (χ1) is 17.5. The number of rotatable bonds is 4. The fraction of sp³-hybridized carbons (Fsp3) is 0.333. The number of para-hydroxylation sites is 1. The van der Waals surface area contributed by atoms with E-state index in [1.807, 2.05) is 52.0 Å². The second kappa shape index (κ2) is 10.6. The quantitative estimate of drug-likeness (QED) is 0.541. The molecular weight excluding hydrogens is 492 g/mol. The average Bonchev–Trinajstić information content (AvgIpc) is 3.33. The zero-order valence-electron chi connectivity index (χ0n) is 21.4. The number of carbonyl (C=O) groups excluding carboxylic acids is 3. The molecule has 1 atom stereocenters. The molecular formula is C27H31ClN6O3. The van der Waals surface area contributed by atoms with Crippen LogP contribution in [0.15, 0.2) is 60.9 Å². The van der Waals surface area contributed by atoms with Gasteiger partial charge >= 0.3 is 6.03 Å². The largest absolute Gasteiger partial charge is 0.350 e. The molecule has 0 saturated heterocycles. The smallest absolute Gasteiger partial charge is 0.318 e. The second-order valence-corrected chi connectivity index (χ2v) is 10.5. The fourth-order valence-electron chi connectivity index (χ4n) is 4.28. The van der Waals surface area contributed by atoms with Gasteiger partial charge in [0.15, 0.2) is 0 Å². The summed E-state index contributed by atoms with van der Waals surface area (Å²) in [7, 11) is 0. The molecule has 0 aliphatic carbocycles. The Balaban J connectivity index is 1.55. The zero-order chi connectivity index (χ0) is 26.7. The van der Waals surface area contributed by atoms with E-state index in [-0.39, 0.29) is 37.0 Å². The number of hydrogen-bond acceptors (Lipinski definition) is 4. The summed E-state index contributed by atoms with van der Waals surface area (Å²) >= 11 is 6.56. The van der Waals surface area contributed by atoms with Crippen molar-refractivity contribution in [2.75, 3.05) is 18.0 Å². The Hall–Kier alpha value is -3.85. The Morgan fingerprint density at radius 2 is 1.86 bits per heavy atom. The van der Waals surface area contributed by atoms with Crippen molar-refractivity contribution in [2.45, 2.75) is 45.8 Å². The highest BCUT2D eigenvalue weighted by Gasteiger charge is 2.32. The topological polar surface area (TPSA) is 99.6 Å². The minimum absolute atomic E-state index is 0.137. The predicted octanol–water partition coefficient (Wildman–Crippen LogP) is 4.00. The van der Waals surface area contributed by atoms with Gasteiger partial charge in [0.2, 0.25) is 5.91 Å². The molecule has 0 unspecified atom stereocenters. The number of amides is 4. The molecule has 1 aromatic heterocycles. The van der Waals surface area contributed by atoms with Crippen LogP contribution in [-0.2, 0) is 11.3 Å². The molecule has 1 aliphatic rings. The molecule has 4 amide bonds. The van der Waals surface area contributed by atoms with Crippen LogP contribution in [0.4, 0.5) is 10.5 Å². The molecule has 37 heavy (non-hydrogen) atoms. The van der Waals surface area contributed by atoms with Gasteiger partial charge < -0.3 is 20.4 Å². The van der Waals surface area contributed by atoms with Gasteiger partial charge in [0.25, 0.3) is 5.91 Å². The third kappa shape index (κ3) is 6.11. The van der Waals surface area contributed by atoms with Gasteiger partial charge in [-0.1, -0.05) is 29.8 Å². The molecule has 0 radical (unpaired) electrons. The Kier molecular flexibility index (Phi) is 7.54. The third-order valence-electron chi connectivity index (χ3n) is 5.97. The van der Waals surface area contributed by atoms with E-state index in [1.165, 1.54) is 0 Å². The monoisotopic (exact) mass is 522 g/mol. The van der Waals surface area contributed by atoms with E-state index >= 15 is 0 Å². The maximum absolute atomic E-state index is 13.8. The SMILES string of the molecule is C[C@@H]1CN(C(=O)c2ccc(-n3cccn3)cc2Cl)c2ccccc2CN1C(=O)NCC(=O)NC(C)(C)C. The molecule has 9 nitrogen and oxygen atoms in total. The van der Waals surface area contributed by atoms with Crippen molar-refractivity contribution in [1.29, 1.82) is 0 Å². The van der Waals surface area contributed by atoms with Gasteiger partial charge in [0, 0.05) is 42.8 Å². The second-order valence-electron chi connectivity index (χ2n) is 10.1. The number of fused-ring (bicyclic) bond motifs is 1. The standard InChI is InChI=1S/C27H31ClN6O3/c1-18-16-33(25(36)21-11-10-20(14-22(21)28)34-13-7-12-30-34)23-9-6-5-8-19(23)17-32(18)26(37)29-15-24(35)31-27(2,3)4/h5-14,18H,15-17H2,1-4H3,(H,29,37)(H,31,35)/t18-/m1/s1. The van der Waals surface area contributed by atoms with Crippen LogP contribution in [0.25, 0.3) is 5.69 Å². The molecule has 1 aliphatic heterocycles. The lowest BCUT2D eigenvalue weighted by Crippen LogP contribution is -2.51. The molecule has 0 fully saturated rings. The number of anilines is 1. The molecule has 2 aromatic carbocycles. The molecule has 0 saturated carbocycles. The van der Waals surface area contributed by atoms with E-state index in [4.69, 9.17) is 11.6 Å². The summed E-state index contributed by atoms with van der Waals surface area (Å²) in [5, 5.41) is 10.1. The Labute approximate surface area is 221 Å². The molecule has 10 heteroatoms. The first-order valence-corrected chi connectivity index (χ1v) is 12.5. The van der Waals surface area contributed by atoms with E-state index in [0.29, 0.717) is 22.8 Å². The lowest BCUT2D eigenvalue weighted by Gasteiger charge is -2.29. The Morgan fingerprint density at radius 1 is 1.11 bits per heavy atom. The van der Waals surface area contributed by atoms with Crippen LogP contribution in [0, 0.1) is 0 Å².